The van der Waals surface area contributed by atoms with E-state index in [0.717, 1.165) is 6.42 Å². The van der Waals surface area contributed by atoms with Crippen molar-refractivity contribution < 1.29 is 0 Å². The van der Waals surface area contributed by atoms with E-state index in [1.807, 2.05) is 12.1 Å². The summed E-state index contributed by atoms with van der Waals surface area (Å²) in [6, 6.07) is 37.4. The highest BCUT2D eigenvalue weighted by atomic mass is 14.5. The highest BCUT2D eigenvalue weighted by Gasteiger charge is 2.46. The standard InChI is InChI=1S/C37H25N/c38-22-23-8-10-27(11-9-23)31-6-3-7-33-35-21-34(35)32-19-17-28(20-36(32)37(31)33)24-12-13-26-15-14-25-4-1-2-5-29(25)30(26)18-16-24/h1-15,17-20,34-35H,16,21H2. The van der Waals surface area contributed by atoms with Crippen LogP contribution in [0, 0.1) is 11.3 Å². The van der Waals surface area contributed by atoms with Crippen LogP contribution in [-0.4, -0.2) is 0 Å². The minimum absolute atomic E-state index is 0.628. The van der Waals surface area contributed by atoms with Crippen molar-refractivity contribution in [3.63, 3.8) is 0 Å². The predicted octanol–water partition coefficient (Wildman–Crippen LogP) is 7.68. The summed E-state index contributed by atoms with van der Waals surface area (Å²) in [5.74, 6) is 1.27. The van der Waals surface area contributed by atoms with Gasteiger partial charge in [-0.1, -0.05) is 97.1 Å². The van der Waals surface area contributed by atoms with E-state index in [9.17, 15) is 5.26 Å². The molecule has 0 N–H and O–H groups in total. The van der Waals surface area contributed by atoms with Gasteiger partial charge < -0.3 is 0 Å². The SMILES string of the molecule is N#Cc1ccc(-c2cccc3c2-c2cc(C4=CC=c5ccc6ccccc6c5=CC4)ccc2C2CC32)cc1. The Morgan fingerprint density at radius 1 is 0.684 bits per heavy atom. The molecule has 0 bridgehead atoms. The minimum atomic E-state index is 0.628. The number of rotatable bonds is 2. The van der Waals surface area contributed by atoms with Gasteiger partial charge in [-0.05, 0) is 109 Å². The molecule has 8 rings (SSSR count). The zero-order valence-corrected chi connectivity index (χ0v) is 21.0. The maximum absolute atomic E-state index is 9.29. The van der Waals surface area contributed by atoms with Gasteiger partial charge in [0.05, 0.1) is 11.6 Å². The Hall–Kier alpha value is -4.67. The molecule has 2 unspecified atom stereocenters. The van der Waals surface area contributed by atoms with Gasteiger partial charge >= 0.3 is 0 Å². The fraction of sp³-hybridized carbons (Fsp3) is 0.108. The van der Waals surface area contributed by atoms with Crippen molar-refractivity contribution in [1.29, 1.82) is 5.26 Å². The third-order valence-electron chi connectivity index (χ3n) is 8.70. The molecule has 0 spiro atoms. The number of benzene rings is 5. The molecule has 38 heavy (non-hydrogen) atoms. The van der Waals surface area contributed by atoms with Crippen LogP contribution in [-0.2, 0) is 0 Å². The van der Waals surface area contributed by atoms with Crippen LogP contribution in [0.3, 0.4) is 0 Å². The highest BCUT2D eigenvalue weighted by Crippen LogP contribution is 2.63. The second-order valence-electron chi connectivity index (χ2n) is 10.8. The maximum atomic E-state index is 9.29. The van der Waals surface area contributed by atoms with Gasteiger partial charge in [-0.25, -0.2) is 0 Å². The van der Waals surface area contributed by atoms with Crippen LogP contribution in [0.5, 0.6) is 0 Å². The molecule has 0 radical (unpaired) electrons. The van der Waals surface area contributed by atoms with Gasteiger partial charge in [0.2, 0.25) is 0 Å². The third-order valence-corrected chi connectivity index (χ3v) is 8.70. The van der Waals surface area contributed by atoms with Gasteiger partial charge in [0.15, 0.2) is 0 Å². The lowest BCUT2D eigenvalue weighted by Crippen LogP contribution is -2.24. The predicted molar refractivity (Wildman–Crippen MR) is 157 cm³/mol. The van der Waals surface area contributed by atoms with Gasteiger partial charge in [-0.15, -0.1) is 0 Å². The molecule has 1 fully saturated rings. The normalized spacial score (nSPS) is 18.3. The van der Waals surface area contributed by atoms with E-state index in [1.165, 1.54) is 72.1 Å². The first-order valence-electron chi connectivity index (χ1n) is 13.5. The molecule has 1 heteroatoms. The molecule has 178 valence electrons. The molecule has 5 aromatic rings. The number of nitrogens with zero attached hydrogens (tertiary/aromatic N) is 1. The summed E-state index contributed by atoms with van der Waals surface area (Å²) in [6.07, 6.45) is 9.15. The molecule has 0 heterocycles. The molecule has 5 aromatic carbocycles. The van der Waals surface area contributed by atoms with Crippen molar-refractivity contribution in [2.24, 2.45) is 0 Å². The fourth-order valence-electron chi connectivity index (χ4n) is 6.69. The van der Waals surface area contributed by atoms with Gasteiger partial charge in [-0.3, -0.25) is 0 Å². The van der Waals surface area contributed by atoms with Crippen molar-refractivity contribution in [3.05, 3.63) is 136 Å². The van der Waals surface area contributed by atoms with Crippen LogP contribution in [0.4, 0.5) is 0 Å². The van der Waals surface area contributed by atoms with Crippen LogP contribution in [0.25, 0.3) is 50.8 Å². The molecule has 1 nitrogen and oxygen atoms in total. The Labute approximate surface area is 222 Å². The van der Waals surface area contributed by atoms with E-state index in [0.29, 0.717) is 17.4 Å². The van der Waals surface area contributed by atoms with Crippen LogP contribution < -0.4 is 10.4 Å². The minimum Gasteiger partial charge on any atom is -0.192 e. The average Bonchev–Trinajstić information content (AvgIpc) is 3.81. The van der Waals surface area contributed by atoms with Crippen molar-refractivity contribution in [1.82, 2.24) is 0 Å². The summed E-state index contributed by atoms with van der Waals surface area (Å²) in [6.45, 7) is 0. The highest BCUT2D eigenvalue weighted by molar-refractivity contribution is 5.92. The lowest BCUT2D eigenvalue weighted by atomic mass is 9.80. The van der Waals surface area contributed by atoms with Gasteiger partial charge in [0.25, 0.3) is 0 Å². The number of fused-ring (bicyclic) bond motifs is 9. The van der Waals surface area contributed by atoms with E-state index in [2.05, 4.69) is 109 Å². The van der Waals surface area contributed by atoms with E-state index in [4.69, 9.17) is 0 Å². The largest absolute Gasteiger partial charge is 0.192 e. The first-order valence-corrected chi connectivity index (χ1v) is 13.5. The molecule has 3 aliphatic carbocycles. The Morgan fingerprint density at radius 2 is 1.53 bits per heavy atom. The third kappa shape index (κ3) is 3.24. The Balaban J connectivity index is 1.27. The topological polar surface area (TPSA) is 23.8 Å². The smallest absolute Gasteiger partial charge is 0.0991 e. The molecular formula is C37H25N. The van der Waals surface area contributed by atoms with Crippen LogP contribution in [0.15, 0.2) is 103 Å². The van der Waals surface area contributed by atoms with Crippen molar-refractivity contribution in [2.75, 3.05) is 0 Å². The number of hydrogen-bond donors (Lipinski definition) is 0. The maximum Gasteiger partial charge on any atom is 0.0991 e. The second kappa shape index (κ2) is 8.17. The number of hydrogen-bond acceptors (Lipinski definition) is 1. The fourth-order valence-corrected chi connectivity index (χ4v) is 6.69. The molecule has 0 saturated heterocycles. The molecule has 3 aliphatic rings. The summed E-state index contributed by atoms with van der Waals surface area (Å²) in [7, 11) is 0. The summed E-state index contributed by atoms with van der Waals surface area (Å²) in [5.41, 5.74) is 11.5. The monoisotopic (exact) mass is 483 g/mol. The Morgan fingerprint density at radius 3 is 2.42 bits per heavy atom. The lowest BCUT2D eigenvalue weighted by molar-refractivity contribution is 1.00. The van der Waals surface area contributed by atoms with Crippen molar-refractivity contribution in [3.8, 4) is 28.3 Å². The lowest BCUT2D eigenvalue weighted by Gasteiger charge is -2.24. The number of nitriles is 1. The zero-order chi connectivity index (χ0) is 25.2. The number of allylic oxidation sites excluding steroid dienone is 2. The van der Waals surface area contributed by atoms with E-state index >= 15 is 0 Å². The van der Waals surface area contributed by atoms with Crippen molar-refractivity contribution in [2.45, 2.75) is 24.7 Å². The molecule has 0 aromatic heterocycles. The molecule has 0 amide bonds. The summed E-state index contributed by atoms with van der Waals surface area (Å²) in [5, 5.41) is 14.5. The zero-order valence-electron chi connectivity index (χ0n) is 21.0. The van der Waals surface area contributed by atoms with Crippen molar-refractivity contribution >= 4 is 28.5 Å². The Kier molecular flexibility index (Phi) is 4.60. The molecule has 0 aliphatic heterocycles. The van der Waals surface area contributed by atoms with Crippen LogP contribution in [0.2, 0.25) is 0 Å². The first kappa shape index (κ1) is 21.4. The van der Waals surface area contributed by atoms with Crippen LogP contribution in [0.1, 0.15) is 46.9 Å². The summed E-state index contributed by atoms with van der Waals surface area (Å²) >= 11 is 0. The molecule has 2 atom stereocenters. The molecule has 1 saturated carbocycles. The summed E-state index contributed by atoms with van der Waals surface area (Å²) < 4.78 is 0. The van der Waals surface area contributed by atoms with Gasteiger partial charge in [-0.2, -0.15) is 5.26 Å². The van der Waals surface area contributed by atoms with E-state index in [1.54, 1.807) is 0 Å². The van der Waals surface area contributed by atoms with Gasteiger partial charge in [0.1, 0.15) is 0 Å². The molecular weight excluding hydrogens is 458 g/mol. The quantitative estimate of drug-likeness (QED) is 0.253. The summed E-state index contributed by atoms with van der Waals surface area (Å²) in [4.78, 5) is 0. The van der Waals surface area contributed by atoms with E-state index < -0.39 is 0 Å². The van der Waals surface area contributed by atoms with E-state index in [-0.39, 0.29) is 0 Å². The second-order valence-corrected chi connectivity index (χ2v) is 10.8. The van der Waals surface area contributed by atoms with Gasteiger partial charge in [0, 0.05) is 0 Å². The van der Waals surface area contributed by atoms with Crippen LogP contribution >= 0.6 is 0 Å². The average molecular weight is 484 g/mol. The first-order chi connectivity index (χ1) is 18.8. The Bertz CT molecular complexity index is 1980.